The summed E-state index contributed by atoms with van der Waals surface area (Å²) < 4.78 is 7.29. The Bertz CT molecular complexity index is 342. The molecule has 15 heavy (non-hydrogen) atoms. The van der Waals surface area contributed by atoms with Crippen LogP contribution in [0.4, 0.5) is 0 Å². The smallest absolute Gasteiger partial charge is 0.161 e. The second kappa shape index (κ2) is 3.85. The number of hydrogen-bond acceptors (Lipinski definition) is 3. The highest BCUT2D eigenvalue weighted by Gasteiger charge is 2.34. The van der Waals surface area contributed by atoms with Crippen LogP contribution in [0.1, 0.15) is 44.5 Å². The van der Waals surface area contributed by atoms with Gasteiger partial charge in [-0.1, -0.05) is 0 Å². The molecule has 0 spiro atoms. The number of rotatable bonds is 4. The predicted octanol–water partition coefficient (Wildman–Crippen LogP) is 1.88. The molecule has 1 atom stereocenters. The minimum absolute atomic E-state index is 0.0739. The lowest BCUT2D eigenvalue weighted by molar-refractivity contribution is 0.391. The van der Waals surface area contributed by atoms with E-state index >= 15 is 0 Å². The van der Waals surface area contributed by atoms with Crippen molar-refractivity contribution < 1.29 is 4.74 Å². The molecule has 0 bridgehead atoms. The van der Waals surface area contributed by atoms with Crippen molar-refractivity contribution in [2.45, 2.75) is 38.8 Å². The van der Waals surface area contributed by atoms with Crippen LogP contribution in [-0.4, -0.2) is 16.9 Å². The van der Waals surface area contributed by atoms with E-state index in [2.05, 4.69) is 18.9 Å². The van der Waals surface area contributed by atoms with Crippen LogP contribution in [0.3, 0.4) is 0 Å². The molecule has 84 valence electrons. The van der Waals surface area contributed by atoms with Gasteiger partial charge in [0.25, 0.3) is 0 Å². The molecule has 1 aliphatic carbocycles. The number of ether oxygens (including phenoxy) is 1. The van der Waals surface area contributed by atoms with E-state index in [1.807, 2.05) is 4.68 Å². The Hall–Kier alpha value is -1.03. The van der Waals surface area contributed by atoms with Crippen molar-refractivity contribution in [1.82, 2.24) is 9.78 Å². The first-order valence-electron chi connectivity index (χ1n) is 5.52. The Kier molecular flexibility index (Phi) is 2.69. The maximum absolute atomic E-state index is 6.22. The summed E-state index contributed by atoms with van der Waals surface area (Å²) >= 11 is 0. The molecule has 1 heterocycles. The summed E-state index contributed by atoms with van der Waals surface area (Å²) in [6.07, 6.45) is 4.22. The van der Waals surface area contributed by atoms with Crippen LogP contribution in [0.15, 0.2) is 6.20 Å². The lowest BCUT2D eigenvalue weighted by Crippen LogP contribution is -2.20. The van der Waals surface area contributed by atoms with Crippen molar-refractivity contribution in [2.75, 3.05) is 7.11 Å². The second-order valence-electron chi connectivity index (χ2n) is 4.50. The molecule has 1 unspecified atom stereocenters. The van der Waals surface area contributed by atoms with Crippen LogP contribution in [0.5, 0.6) is 5.75 Å². The standard InChI is InChI=1S/C11H19N3O/c1-7(2)14-11(9(15-3)6-13-14)10(12)8-4-5-8/h6-8,10H,4-5,12H2,1-3H3. The predicted molar refractivity (Wildman–Crippen MR) is 58.8 cm³/mol. The summed E-state index contributed by atoms with van der Waals surface area (Å²) in [7, 11) is 1.67. The molecule has 1 aromatic rings. The van der Waals surface area contributed by atoms with E-state index < -0.39 is 0 Å². The normalized spacial score (nSPS) is 18.2. The van der Waals surface area contributed by atoms with Crippen molar-refractivity contribution in [3.63, 3.8) is 0 Å². The van der Waals surface area contributed by atoms with Gasteiger partial charge < -0.3 is 10.5 Å². The fraction of sp³-hybridized carbons (Fsp3) is 0.727. The number of nitrogens with two attached hydrogens (primary N) is 1. The SMILES string of the molecule is COc1cnn(C(C)C)c1C(N)C1CC1. The third kappa shape index (κ3) is 1.86. The fourth-order valence-electron chi connectivity index (χ4n) is 1.92. The first kappa shape index (κ1) is 10.5. The Morgan fingerprint density at radius 1 is 1.53 bits per heavy atom. The van der Waals surface area contributed by atoms with E-state index in [9.17, 15) is 0 Å². The average Bonchev–Trinajstić information content (AvgIpc) is 2.95. The molecule has 0 aliphatic heterocycles. The average molecular weight is 209 g/mol. The van der Waals surface area contributed by atoms with Crippen LogP contribution >= 0.6 is 0 Å². The number of methoxy groups -OCH3 is 1. The molecule has 2 rings (SSSR count). The van der Waals surface area contributed by atoms with Crippen LogP contribution in [-0.2, 0) is 0 Å². The van der Waals surface area contributed by atoms with Crippen molar-refractivity contribution in [3.8, 4) is 5.75 Å². The lowest BCUT2D eigenvalue weighted by atomic mass is 10.1. The van der Waals surface area contributed by atoms with Gasteiger partial charge in [0.1, 0.15) is 0 Å². The highest BCUT2D eigenvalue weighted by atomic mass is 16.5. The van der Waals surface area contributed by atoms with Gasteiger partial charge in [-0.15, -0.1) is 0 Å². The molecule has 0 aromatic carbocycles. The maximum atomic E-state index is 6.22. The Balaban J connectivity index is 2.35. The van der Waals surface area contributed by atoms with Gasteiger partial charge >= 0.3 is 0 Å². The summed E-state index contributed by atoms with van der Waals surface area (Å²) in [6, 6.07) is 0.401. The Morgan fingerprint density at radius 2 is 2.20 bits per heavy atom. The highest BCUT2D eigenvalue weighted by Crippen LogP contribution is 2.42. The third-order valence-corrected chi connectivity index (χ3v) is 2.95. The minimum atomic E-state index is 0.0739. The van der Waals surface area contributed by atoms with Crippen molar-refractivity contribution in [1.29, 1.82) is 0 Å². The van der Waals surface area contributed by atoms with Gasteiger partial charge in [-0.25, -0.2) is 0 Å². The molecule has 4 nitrogen and oxygen atoms in total. The molecule has 0 saturated heterocycles. The van der Waals surface area contributed by atoms with Gasteiger partial charge in [-0.3, -0.25) is 4.68 Å². The van der Waals surface area contributed by atoms with Crippen LogP contribution < -0.4 is 10.5 Å². The van der Waals surface area contributed by atoms with E-state index in [0.717, 1.165) is 11.4 Å². The molecule has 0 amide bonds. The third-order valence-electron chi connectivity index (χ3n) is 2.95. The van der Waals surface area contributed by atoms with Gasteiger partial charge in [0, 0.05) is 6.04 Å². The molecule has 1 aromatic heterocycles. The molecule has 4 heteroatoms. The van der Waals surface area contributed by atoms with E-state index in [4.69, 9.17) is 10.5 Å². The van der Waals surface area contributed by atoms with Gasteiger partial charge in [0.05, 0.1) is 25.0 Å². The Labute approximate surface area is 90.4 Å². The van der Waals surface area contributed by atoms with E-state index in [0.29, 0.717) is 12.0 Å². The molecule has 1 saturated carbocycles. The summed E-state index contributed by atoms with van der Waals surface area (Å²) in [5.74, 6) is 1.44. The van der Waals surface area contributed by atoms with Crippen molar-refractivity contribution >= 4 is 0 Å². The van der Waals surface area contributed by atoms with Crippen LogP contribution in [0, 0.1) is 5.92 Å². The number of aromatic nitrogens is 2. The summed E-state index contributed by atoms with van der Waals surface area (Å²) in [6.45, 7) is 4.21. The molecular weight excluding hydrogens is 190 g/mol. The quantitative estimate of drug-likeness (QED) is 0.823. The summed E-state index contributed by atoms with van der Waals surface area (Å²) in [5, 5.41) is 4.33. The van der Waals surface area contributed by atoms with Gasteiger partial charge in [-0.05, 0) is 32.6 Å². The van der Waals surface area contributed by atoms with Gasteiger partial charge in [0.2, 0.25) is 0 Å². The second-order valence-corrected chi connectivity index (χ2v) is 4.50. The monoisotopic (exact) mass is 209 g/mol. The van der Waals surface area contributed by atoms with Crippen molar-refractivity contribution in [2.24, 2.45) is 11.7 Å². The fourth-order valence-corrected chi connectivity index (χ4v) is 1.92. The molecule has 2 N–H and O–H groups in total. The van der Waals surface area contributed by atoms with Gasteiger partial charge in [-0.2, -0.15) is 5.10 Å². The lowest BCUT2D eigenvalue weighted by Gasteiger charge is -2.17. The van der Waals surface area contributed by atoms with E-state index in [1.165, 1.54) is 12.8 Å². The first-order chi connectivity index (χ1) is 7.15. The van der Waals surface area contributed by atoms with Gasteiger partial charge in [0.15, 0.2) is 5.75 Å². The zero-order valence-corrected chi connectivity index (χ0v) is 9.60. The summed E-state index contributed by atoms with van der Waals surface area (Å²) in [5.41, 5.74) is 7.27. The molecule has 0 radical (unpaired) electrons. The summed E-state index contributed by atoms with van der Waals surface area (Å²) in [4.78, 5) is 0. The number of hydrogen-bond donors (Lipinski definition) is 1. The number of nitrogens with zero attached hydrogens (tertiary/aromatic N) is 2. The maximum Gasteiger partial charge on any atom is 0.161 e. The highest BCUT2D eigenvalue weighted by molar-refractivity contribution is 5.29. The van der Waals surface area contributed by atoms with E-state index in [-0.39, 0.29) is 6.04 Å². The van der Waals surface area contributed by atoms with E-state index in [1.54, 1.807) is 13.3 Å². The topological polar surface area (TPSA) is 53.1 Å². The molecule has 1 fully saturated rings. The first-order valence-corrected chi connectivity index (χ1v) is 5.52. The van der Waals surface area contributed by atoms with Crippen molar-refractivity contribution in [3.05, 3.63) is 11.9 Å². The largest absolute Gasteiger partial charge is 0.493 e. The zero-order chi connectivity index (χ0) is 11.0. The van der Waals surface area contributed by atoms with Crippen LogP contribution in [0.2, 0.25) is 0 Å². The van der Waals surface area contributed by atoms with Crippen LogP contribution in [0.25, 0.3) is 0 Å². The zero-order valence-electron chi connectivity index (χ0n) is 9.60. The molecule has 1 aliphatic rings. The minimum Gasteiger partial charge on any atom is -0.493 e. The molecular formula is C11H19N3O. The Morgan fingerprint density at radius 3 is 2.67 bits per heavy atom.